The van der Waals surface area contributed by atoms with Crippen molar-refractivity contribution >= 4 is 11.5 Å². The predicted octanol–water partition coefficient (Wildman–Crippen LogP) is 0.635. The number of hydrogen-bond donors (Lipinski definition) is 2. The lowest BCUT2D eigenvalue weighted by molar-refractivity contribution is 0.392. The molecule has 0 radical (unpaired) electrons. The predicted molar refractivity (Wildman–Crippen MR) is 66.9 cm³/mol. The van der Waals surface area contributed by atoms with Crippen molar-refractivity contribution in [2.45, 2.75) is 20.4 Å². The average Bonchev–Trinajstić information content (AvgIpc) is 2.92. The van der Waals surface area contributed by atoms with Crippen molar-refractivity contribution < 1.29 is 4.52 Å². The molecule has 0 spiro atoms. The van der Waals surface area contributed by atoms with E-state index in [2.05, 4.69) is 25.8 Å². The molecule has 0 saturated heterocycles. The lowest BCUT2D eigenvalue weighted by Crippen LogP contribution is -2.14. The Hall–Kier alpha value is -2.64. The summed E-state index contributed by atoms with van der Waals surface area (Å²) in [5.74, 6) is 1.35. The summed E-state index contributed by atoms with van der Waals surface area (Å²) in [5, 5.41) is 17.3. The Bertz CT molecular complexity index is 764. The van der Waals surface area contributed by atoms with Crippen LogP contribution in [0.15, 0.2) is 21.5 Å². The fourth-order valence-corrected chi connectivity index (χ4v) is 1.83. The Morgan fingerprint density at radius 2 is 2.26 bits per heavy atom. The number of anilines is 1. The molecule has 0 fully saturated rings. The second-order valence-electron chi connectivity index (χ2n) is 4.17. The molecule has 0 atom stereocenters. The van der Waals surface area contributed by atoms with Gasteiger partial charge in [0, 0.05) is 12.1 Å². The first-order valence-electron chi connectivity index (χ1n) is 5.75. The van der Waals surface area contributed by atoms with Gasteiger partial charge in [-0.15, -0.1) is 5.10 Å². The first kappa shape index (κ1) is 11.5. The third-order valence-electron chi connectivity index (χ3n) is 2.90. The van der Waals surface area contributed by atoms with Crippen LogP contribution >= 0.6 is 0 Å². The number of aromatic amines is 1. The van der Waals surface area contributed by atoms with Crippen LogP contribution in [0, 0.1) is 13.8 Å². The molecule has 0 aliphatic heterocycles. The smallest absolute Gasteiger partial charge is 0.364 e. The van der Waals surface area contributed by atoms with Crippen molar-refractivity contribution in [1.29, 1.82) is 0 Å². The van der Waals surface area contributed by atoms with Crippen LogP contribution in [-0.4, -0.2) is 25.0 Å². The molecule has 0 amide bonds. The Morgan fingerprint density at radius 3 is 3.00 bits per heavy atom. The zero-order chi connectivity index (χ0) is 13.4. The molecule has 0 aromatic carbocycles. The number of fused-ring (bicyclic) bond motifs is 1. The van der Waals surface area contributed by atoms with E-state index in [-0.39, 0.29) is 5.69 Å². The van der Waals surface area contributed by atoms with Gasteiger partial charge in [0.25, 0.3) is 0 Å². The molecular formula is C11H12N6O2. The second kappa shape index (κ2) is 4.23. The summed E-state index contributed by atoms with van der Waals surface area (Å²) < 4.78 is 6.28. The van der Waals surface area contributed by atoms with Crippen LogP contribution in [0.2, 0.25) is 0 Å². The molecule has 8 nitrogen and oxygen atoms in total. The van der Waals surface area contributed by atoms with Crippen LogP contribution < -0.4 is 11.0 Å². The second-order valence-corrected chi connectivity index (χ2v) is 4.17. The SMILES string of the molecule is Cc1noc(C)c1CNc1ccc2n[nH]c(=O)n2n1. The van der Waals surface area contributed by atoms with Gasteiger partial charge in [0.15, 0.2) is 5.65 Å². The Balaban J connectivity index is 1.86. The third kappa shape index (κ3) is 1.96. The number of aryl methyl sites for hydroxylation is 2. The lowest BCUT2D eigenvalue weighted by atomic mass is 10.2. The molecular weight excluding hydrogens is 248 g/mol. The van der Waals surface area contributed by atoms with E-state index in [4.69, 9.17) is 4.52 Å². The maximum absolute atomic E-state index is 11.4. The van der Waals surface area contributed by atoms with Crippen molar-refractivity contribution in [3.8, 4) is 0 Å². The molecule has 3 heterocycles. The van der Waals surface area contributed by atoms with Gasteiger partial charge < -0.3 is 9.84 Å². The van der Waals surface area contributed by atoms with E-state index in [1.54, 1.807) is 12.1 Å². The summed E-state index contributed by atoms with van der Waals surface area (Å²) in [5.41, 5.74) is 1.94. The van der Waals surface area contributed by atoms with Gasteiger partial charge in [-0.1, -0.05) is 5.16 Å². The zero-order valence-electron chi connectivity index (χ0n) is 10.5. The summed E-state index contributed by atoms with van der Waals surface area (Å²) in [6.07, 6.45) is 0. The maximum atomic E-state index is 11.4. The highest BCUT2D eigenvalue weighted by Gasteiger charge is 2.09. The van der Waals surface area contributed by atoms with Crippen molar-refractivity contribution in [3.05, 3.63) is 39.6 Å². The van der Waals surface area contributed by atoms with Gasteiger partial charge in [0.2, 0.25) is 0 Å². The fourth-order valence-electron chi connectivity index (χ4n) is 1.83. The Labute approximate surface area is 107 Å². The van der Waals surface area contributed by atoms with E-state index in [9.17, 15) is 4.79 Å². The zero-order valence-corrected chi connectivity index (χ0v) is 10.5. The van der Waals surface area contributed by atoms with Crippen LogP contribution in [0.25, 0.3) is 5.65 Å². The van der Waals surface area contributed by atoms with Crippen LogP contribution in [0.4, 0.5) is 5.82 Å². The van der Waals surface area contributed by atoms with Gasteiger partial charge >= 0.3 is 5.69 Å². The van der Waals surface area contributed by atoms with Crippen LogP contribution in [0.1, 0.15) is 17.0 Å². The number of nitrogens with zero attached hydrogens (tertiary/aromatic N) is 4. The number of aromatic nitrogens is 5. The fraction of sp³-hybridized carbons (Fsp3) is 0.273. The topological polar surface area (TPSA) is 101 Å². The summed E-state index contributed by atoms with van der Waals surface area (Å²) in [6, 6.07) is 3.47. The van der Waals surface area contributed by atoms with E-state index in [0.29, 0.717) is 18.0 Å². The standard InChI is InChI=1S/C11H12N6O2/c1-6-8(7(2)19-16-6)5-12-9-3-4-10-13-14-11(18)17(10)15-9/h3-4H,5H2,1-2H3,(H,12,15)(H,14,18). The minimum atomic E-state index is -0.365. The molecule has 8 heteroatoms. The van der Waals surface area contributed by atoms with E-state index in [1.165, 1.54) is 4.52 Å². The normalized spacial score (nSPS) is 11.1. The van der Waals surface area contributed by atoms with Gasteiger partial charge in [0.1, 0.15) is 11.6 Å². The third-order valence-corrected chi connectivity index (χ3v) is 2.90. The first-order valence-corrected chi connectivity index (χ1v) is 5.75. The number of rotatable bonds is 3. The van der Waals surface area contributed by atoms with E-state index in [1.807, 2.05) is 13.8 Å². The number of hydrogen-bond acceptors (Lipinski definition) is 6. The van der Waals surface area contributed by atoms with Gasteiger partial charge in [-0.2, -0.15) is 9.61 Å². The summed E-state index contributed by atoms with van der Waals surface area (Å²) in [4.78, 5) is 11.4. The minimum absolute atomic E-state index is 0.365. The van der Waals surface area contributed by atoms with Crippen molar-refractivity contribution in [3.63, 3.8) is 0 Å². The summed E-state index contributed by atoms with van der Waals surface area (Å²) in [7, 11) is 0. The van der Waals surface area contributed by atoms with Gasteiger partial charge in [0.05, 0.1) is 5.69 Å². The van der Waals surface area contributed by atoms with Crippen LogP contribution in [0.5, 0.6) is 0 Å². The highest BCUT2D eigenvalue weighted by molar-refractivity contribution is 5.43. The lowest BCUT2D eigenvalue weighted by Gasteiger charge is -2.04. The molecule has 3 aromatic heterocycles. The molecule has 0 aliphatic rings. The Morgan fingerprint density at radius 1 is 1.42 bits per heavy atom. The first-order chi connectivity index (χ1) is 9.15. The monoisotopic (exact) mass is 260 g/mol. The number of H-pyrrole nitrogens is 1. The van der Waals surface area contributed by atoms with Crippen molar-refractivity contribution in [2.24, 2.45) is 0 Å². The highest BCUT2D eigenvalue weighted by Crippen LogP contribution is 2.14. The average molecular weight is 260 g/mol. The van der Waals surface area contributed by atoms with Gasteiger partial charge in [-0.3, -0.25) is 0 Å². The molecule has 3 rings (SSSR count). The van der Waals surface area contributed by atoms with Crippen molar-refractivity contribution in [2.75, 3.05) is 5.32 Å². The van der Waals surface area contributed by atoms with Gasteiger partial charge in [-0.25, -0.2) is 9.89 Å². The molecule has 0 bridgehead atoms. The van der Waals surface area contributed by atoms with Crippen LogP contribution in [0.3, 0.4) is 0 Å². The summed E-state index contributed by atoms with van der Waals surface area (Å²) in [6.45, 7) is 4.27. The number of nitrogens with one attached hydrogen (secondary N) is 2. The highest BCUT2D eigenvalue weighted by atomic mass is 16.5. The quantitative estimate of drug-likeness (QED) is 0.716. The van der Waals surface area contributed by atoms with E-state index < -0.39 is 0 Å². The van der Waals surface area contributed by atoms with Gasteiger partial charge in [-0.05, 0) is 26.0 Å². The van der Waals surface area contributed by atoms with Crippen molar-refractivity contribution in [1.82, 2.24) is 25.0 Å². The summed E-state index contributed by atoms with van der Waals surface area (Å²) >= 11 is 0. The molecule has 98 valence electrons. The molecule has 0 unspecified atom stereocenters. The largest absolute Gasteiger partial charge is 0.364 e. The van der Waals surface area contributed by atoms with E-state index in [0.717, 1.165) is 17.0 Å². The Kier molecular flexibility index (Phi) is 2.55. The molecule has 0 aliphatic carbocycles. The maximum Gasteiger partial charge on any atom is 0.364 e. The molecule has 2 N–H and O–H groups in total. The minimum Gasteiger partial charge on any atom is -0.364 e. The van der Waals surface area contributed by atoms with Crippen LogP contribution in [-0.2, 0) is 6.54 Å². The van der Waals surface area contributed by atoms with E-state index >= 15 is 0 Å². The molecule has 0 saturated carbocycles. The molecule has 3 aromatic rings. The molecule has 19 heavy (non-hydrogen) atoms.